The topological polar surface area (TPSA) is 99.1 Å². The van der Waals surface area contributed by atoms with E-state index in [0.717, 1.165) is 11.1 Å². The lowest BCUT2D eigenvalue weighted by Gasteiger charge is -2.13. The summed E-state index contributed by atoms with van der Waals surface area (Å²) in [5, 5.41) is 12.4. The van der Waals surface area contributed by atoms with Crippen molar-refractivity contribution in [3.8, 4) is 6.07 Å². The molecule has 0 heterocycles. The van der Waals surface area contributed by atoms with Crippen molar-refractivity contribution in [3.05, 3.63) is 94.0 Å². The van der Waals surface area contributed by atoms with Crippen molar-refractivity contribution in [3.63, 3.8) is 0 Å². The molecule has 6 nitrogen and oxygen atoms in total. The Morgan fingerprint density at radius 3 is 2.19 bits per heavy atom. The maximum Gasteiger partial charge on any atom is 0.266 e. The molecule has 3 rings (SSSR count). The highest BCUT2D eigenvalue weighted by Gasteiger charge is 2.17. The molecule has 0 radical (unpaired) electrons. The van der Waals surface area contributed by atoms with Crippen molar-refractivity contribution < 1.29 is 13.2 Å². The molecule has 0 bridgehead atoms. The number of benzene rings is 3. The van der Waals surface area contributed by atoms with Gasteiger partial charge >= 0.3 is 0 Å². The molecule has 0 saturated carbocycles. The van der Waals surface area contributed by atoms with Crippen molar-refractivity contribution >= 4 is 45.0 Å². The number of nitriles is 1. The Hall–Kier alpha value is -3.60. The minimum Gasteiger partial charge on any atom is -0.321 e. The van der Waals surface area contributed by atoms with Gasteiger partial charge in [0.1, 0.15) is 11.6 Å². The third kappa shape index (κ3) is 5.35. The number of carbonyl (C=O) groups is 1. The van der Waals surface area contributed by atoms with E-state index < -0.39 is 15.9 Å². The van der Waals surface area contributed by atoms with Crippen LogP contribution in [0.25, 0.3) is 6.08 Å². The largest absolute Gasteiger partial charge is 0.321 e. The highest BCUT2D eigenvalue weighted by molar-refractivity contribution is 7.92. The fourth-order valence-corrected chi connectivity index (χ4v) is 4.37. The van der Waals surface area contributed by atoms with Gasteiger partial charge in [-0.2, -0.15) is 5.26 Å². The number of nitrogens with one attached hydrogen (secondary N) is 2. The summed E-state index contributed by atoms with van der Waals surface area (Å²) in [4.78, 5) is 12.5. The fourth-order valence-electron chi connectivity index (χ4n) is 2.98. The summed E-state index contributed by atoms with van der Waals surface area (Å²) in [7, 11) is -3.81. The number of hydrogen-bond donors (Lipinski definition) is 2. The van der Waals surface area contributed by atoms with Crippen LogP contribution in [-0.2, 0) is 14.8 Å². The molecule has 3 aromatic rings. The number of para-hydroxylation sites is 1. The van der Waals surface area contributed by atoms with Crippen molar-refractivity contribution in [1.82, 2.24) is 0 Å². The summed E-state index contributed by atoms with van der Waals surface area (Å²) in [5.74, 6) is -0.628. The van der Waals surface area contributed by atoms with E-state index in [4.69, 9.17) is 11.6 Å². The van der Waals surface area contributed by atoms with Gasteiger partial charge in [0.05, 0.1) is 10.6 Å². The molecule has 3 aromatic carbocycles. The molecule has 0 spiro atoms. The number of anilines is 2. The number of hydrogen-bond acceptors (Lipinski definition) is 4. The minimum absolute atomic E-state index is 0.0465. The van der Waals surface area contributed by atoms with Gasteiger partial charge in [0.25, 0.3) is 15.9 Å². The number of halogens is 1. The zero-order valence-corrected chi connectivity index (χ0v) is 19.0. The summed E-state index contributed by atoms with van der Waals surface area (Å²) < 4.78 is 28.1. The Labute approximate surface area is 192 Å². The van der Waals surface area contributed by atoms with Crippen LogP contribution in [0.3, 0.4) is 0 Å². The van der Waals surface area contributed by atoms with E-state index in [-0.39, 0.29) is 10.5 Å². The van der Waals surface area contributed by atoms with Gasteiger partial charge < -0.3 is 5.32 Å². The molecule has 0 unspecified atom stereocenters. The van der Waals surface area contributed by atoms with Crippen molar-refractivity contribution in [2.24, 2.45) is 0 Å². The van der Waals surface area contributed by atoms with Gasteiger partial charge in [-0.3, -0.25) is 9.52 Å². The van der Waals surface area contributed by atoms with E-state index in [0.29, 0.717) is 22.0 Å². The van der Waals surface area contributed by atoms with Gasteiger partial charge in [-0.25, -0.2) is 8.42 Å². The number of sulfonamides is 1. The summed E-state index contributed by atoms with van der Waals surface area (Å²) in [6, 6.07) is 19.9. The van der Waals surface area contributed by atoms with E-state index in [2.05, 4.69) is 10.0 Å². The first kappa shape index (κ1) is 23.1. The minimum atomic E-state index is -3.81. The zero-order chi connectivity index (χ0) is 23.3. The molecule has 0 saturated heterocycles. The van der Waals surface area contributed by atoms with Crippen LogP contribution in [0.15, 0.2) is 77.2 Å². The number of aryl methyl sites for hydroxylation is 2. The SMILES string of the molecule is Cc1cccc(C)c1NS(=O)(=O)c1ccc(NC(=O)C(C#N)=Cc2ccccc2Cl)cc1. The van der Waals surface area contributed by atoms with Crippen LogP contribution < -0.4 is 10.0 Å². The van der Waals surface area contributed by atoms with Gasteiger partial charge in [0.2, 0.25) is 0 Å². The quantitative estimate of drug-likeness (QED) is 0.381. The number of carbonyl (C=O) groups excluding carboxylic acids is 1. The summed E-state index contributed by atoms with van der Waals surface area (Å²) in [6.07, 6.45) is 1.39. The van der Waals surface area contributed by atoms with Gasteiger partial charge in [-0.15, -0.1) is 0 Å². The second-order valence-corrected chi connectivity index (χ2v) is 9.13. The average molecular weight is 466 g/mol. The van der Waals surface area contributed by atoms with E-state index in [1.165, 1.54) is 30.3 Å². The number of amides is 1. The lowest BCUT2D eigenvalue weighted by Crippen LogP contribution is -2.16. The Kier molecular flexibility index (Phi) is 6.98. The zero-order valence-electron chi connectivity index (χ0n) is 17.4. The van der Waals surface area contributed by atoms with Crippen LogP contribution >= 0.6 is 11.6 Å². The molecule has 162 valence electrons. The van der Waals surface area contributed by atoms with Gasteiger partial charge in [-0.1, -0.05) is 48.0 Å². The molecule has 32 heavy (non-hydrogen) atoms. The van der Waals surface area contributed by atoms with E-state index >= 15 is 0 Å². The lowest BCUT2D eigenvalue weighted by molar-refractivity contribution is -0.112. The standard InChI is InChI=1S/C24H20ClN3O3S/c1-16-6-5-7-17(2)23(16)28-32(30,31)21-12-10-20(11-13-21)27-24(29)19(15-26)14-18-8-3-4-9-22(18)25/h3-14,28H,1-2H3,(H,27,29). The highest BCUT2D eigenvalue weighted by atomic mass is 35.5. The van der Waals surface area contributed by atoms with Crippen LogP contribution in [0, 0.1) is 25.2 Å². The van der Waals surface area contributed by atoms with Crippen LogP contribution in [0.2, 0.25) is 5.02 Å². The molecule has 2 N–H and O–H groups in total. The van der Waals surface area contributed by atoms with Crippen LogP contribution in [0.1, 0.15) is 16.7 Å². The van der Waals surface area contributed by atoms with Gasteiger partial charge in [0.15, 0.2) is 0 Å². The first-order valence-corrected chi connectivity index (χ1v) is 11.4. The normalized spacial score (nSPS) is 11.5. The number of rotatable bonds is 6. The predicted octanol–water partition coefficient (Wildman–Crippen LogP) is 5.30. The maximum absolute atomic E-state index is 12.8. The smallest absolute Gasteiger partial charge is 0.266 e. The van der Waals surface area contributed by atoms with Crippen LogP contribution in [-0.4, -0.2) is 14.3 Å². The first-order chi connectivity index (χ1) is 15.2. The molecule has 0 aliphatic carbocycles. The summed E-state index contributed by atoms with van der Waals surface area (Å²) >= 11 is 6.08. The predicted molar refractivity (Wildman–Crippen MR) is 127 cm³/mol. The molecule has 1 amide bonds. The average Bonchev–Trinajstić information content (AvgIpc) is 2.76. The van der Waals surface area contributed by atoms with Crippen LogP contribution in [0.5, 0.6) is 0 Å². The van der Waals surface area contributed by atoms with E-state index in [9.17, 15) is 18.5 Å². The molecule has 0 atom stereocenters. The molecule has 0 aromatic heterocycles. The van der Waals surface area contributed by atoms with Crippen molar-refractivity contribution in [2.75, 3.05) is 10.0 Å². The third-order valence-electron chi connectivity index (χ3n) is 4.71. The molecular formula is C24H20ClN3O3S. The van der Waals surface area contributed by atoms with E-state index in [1.54, 1.807) is 24.3 Å². The van der Waals surface area contributed by atoms with Gasteiger partial charge in [0, 0.05) is 10.7 Å². The number of nitrogens with zero attached hydrogens (tertiary/aromatic N) is 1. The second kappa shape index (κ2) is 9.69. The molecular weight excluding hydrogens is 446 g/mol. The van der Waals surface area contributed by atoms with Crippen molar-refractivity contribution in [1.29, 1.82) is 5.26 Å². The maximum atomic E-state index is 12.8. The van der Waals surface area contributed by atoms with Gasteiger partial charge in [-0.05, 0) is 66.9 Å². The fraction of sp³-hybridized carbons (Fsp3) is 0.0833. The molecule has 0 fully saturated rings. The Bertz CT molecular complexity index is 1320. The Morgan fingerprint density at radius 2 is 1.59 bits per heavy atom. The summed E-state index contributed by atoms with van der Waals surface area (Å²) in [6.45, 7) is 3.65. The van der Waals surface area contributed by atoms with Crippen LogP contribution in [0.4, 0.5) is 11.4 Å². The molecule has 8 heteroatoms. The summed E-state index contributed by atoms with van der Waals surface area (Å²) in [5.41, 5.74) is 2.92. The third-order valence-corrected chi connectivity index (χ3v) is 6.42. The van der Waals surface area contributed by atoms with Crippen molar-refractivity contribution in [2.45, 2.75) is 18.7 Å². The molecule has 0 aliphatic heterocycles. The second-order valence-electron chi connectivity index (χ2n) is 7.04. The lowest BCUT2D eigenvalue weighted by atomic mass is 10.1. The Balaban J connectivity index is 1.77. The van der Waals surface area contributed by atoms with E-state index in [1.807, 2.05) is 38.1 Å². The highest BCUT2D eigenvalue weighted by Crippen LogP contribution is 2.24. The monoisotopic (exact) mass is 465 g/mol. The molecule has 0 aliphatic rings. The first-order valence-electron chi connectivity index (χ1n) is 9.58. The Morgan fingerprint density at radius 1 is 0.969 bits per heavy atom.